The smallest absolute Gasteiger partial charge is 0.317 e. The number of nitrogens with one attached hydrogen (secondary N) is 1. The molecule has 2 N–H and O–H groups in total. The van der Waals surface area contributed by atoms with Gasteiger partial charge in [0.25, 0.3) is 0 Å². The van der Waals surface area contributed by atoms with Gasteiger partial charge in [0.1, 0.15) is 0 Å². The van der Waals surface area contributed by atoms with Crippen LogP contribution < -0.4 is 5.32 Å². The topological polar surface area (TPSA) is 52.6 Å². The maximum atomic E-state index is 10.5. The Kier molecular flexibility index (Phi) is 5.20. The lowest BCUT2D eigenvalue weighted by atomic mass is 9.93. The maximum Gasteiger partial charge on any atom is 0.317 e. The SMILES string of the molecule is O=C(O)CNCC1CCCN(C2C=CCCC2)C1. The molecule has 0 aromatic heterocycles. The van der Waals surface area contributed by atoms with Crippen LogP contribution in [-0.2, 0) is 4.79 Å². The average Bonchev–Trinajstić information content (AvgIpc) is 2.40. The highest BCUT2D eigenvalue weighted by molar-refractivity contribution is 5.68. The highest BCUT2D eigenvalue weighted by Crippen LogP contribution is 2.23. The summed E-state index contributed by atoms with van der Waals surface area (Å²) in [6.07, 6.45) is 10.9. The van der Waals surface area contributed by atoms with Gasteiger partial charge < -0.3 is 10.4 Å². The van der Waals surface area contributed by atoms with Crippen LogP contribution in [0, 0.1) is 5.92 Å². The normalized spacial score (nSPS) is 29.3. The van der Waals surface area contributed by atoms with E-state index in [1.54, 1.807) is 0 Å². The van der Waals surface area contributed by atoms with E-state index >= 15 is 0 Å². The van der Waals surface area contributed by atoms with Gasteiger partial charge in [-0.25, -0.2) is 0 Å². The first-order valence-electron chi connectivity index (χ1n) is 7.09. The quantitative estimate of drug-likeness (QED) is 0.728. The molecule has 1 aliphatic heterocycles. The van der Waals surface area contributed by atoms with Gasteiger partial charge in [-0.1, -0.05) is 12.2 Å². The number of rotatable bonds is 5. The van der Waals surface area contributed by atoms with Gasteiger partial charge in [-0.05, 0) is 51.1 Å². The fraction of sp³-hybridized carbons (Fsp3) is 0.786. The molecule has 2 rings (SSSR count). The molecule has 0 radical (unpaired) electrons. The number of hydrogen-bond acceptors (Lipinski definition) is 3. The summed E-state index contributed by atoms with van der Waals surface area (Å²) < 4.78 is 0. The molecule has 0 bridgehead atoms. The predicted octanol–water partition coefficient (Wildman–Crippen LogP) is 1.48. The van der Waals surface area contributed by atoms with Gasteiger partial charge in [0.05, 0.1) is 6.54 Å². The average molecular weight is 252 g/mol. The fourth-order valence-electron chi connectivity index (χ4n) is 3.05. The summed E-state index contributed by atoms with van der Waals surface area (Å²) in [5, 5.41) is 11.7. The number of carboxylic acid groups (broad SMARTS) is 1. The van der Waals surface area contributed by atoms with Gasteiger partial charge in [-0.3, -0.25) is 9.69 Å². The number of nitrogens with zero attached hydrogens (tertiary/aromatic N) is 1. The molecule has 1 aliphatic carbocycles. The van der Waals surface area contributed by atoms with Crippen molar-refractivity contribution < 1.29 is 9.90 Å². The van der Waals surface area contributed by atoms with Gasteiger partial charge in [-0.15, -0.1) is 0 Å². The zero-order chi connectivity index (χ0) is 12.8. The minimum atomic E-state index is -0.766. The summed E-state index contributed by atoms with van der Waals surface area (Å²) >= 11 is 0. The molecule has 4 nitrogen and oxygen atoms in total. The zero-order valence-electron chi connectivity index (χ0n) is 11.0. The summed E-state index contributed by atoms with van der Waals surface area (Å²) in [6, 6.07) is 0.626. The van der Waals surface area contributed by atoms with Crippen molar-refractivity contribution in [1.29, 1.82) is 0 Å². The summed E-state index contributed by atoms with van der Waals surface area (Å²) in [6.45, 7) is 3.23. The standard InChI is InChI=1S/C14H24N2O2/c17-14(18)10-15-9-12-5-4-8-16(11-12)13-6-2-1-3-7-13/h2,6,12-13,15H,1,3-5,7-11H2,(H,17,18). The van der Waals surface area contributed by atoms with Crippen molar-refractivity contribution in [2.45, 2.75) is 38.1 Å². The van der Waals surface area contributed by atoms with Crippen LogP contribution >= 0.6 is 0 Å². The highest BCUT2D eigenvalue weighted by atomic mass is 16.4. The van der Waals surface area contributed by atoms with Gasteiger partial charge in [0.2, 0.25) is 0 Å². The minimum absolute atomic E-state index is 0.0832. The maximum absolute atomic E-state index is 10.5. The van der Waals surface area contributed by atoms with Gasteiger partial charge in [0, 0.05) is 12.6 Å². The summed E-state index contributed by atoms with van der Waals surface area (Å²) in [5.74, 6) is -0.161. The van der Waals surface area contributed by atoms with Crippen LogP contribution in [0.3, 0.4) is 0 Å². The molecule has 0 aromatic rings. The van der Waals surface area contributed by atoms with Crippen LogP contribution in [0.4, 0.5) is 0 Å². The molecule has 0 saturated carbocycles. The molecular weight excluding hydrogens is 228 g/mol. The predicted molar refractivity (Wildman–Crippen MR) is 71.6 cm³/mol. The van der Waals surface area contributed by atoms with Crippen LogP contribution in [0.5, 0.6) is 0 Å². The van der Waals surface area contributed by atoms with E-state index in [0.29, 0.717) is 12.0 Å². The molecule has 1 saturated heterocycles. The Balaban J connectivity index is 1.75. The van der Waals surface area contributed by atoms with E-state index in [1.807, 2.05) is 0 Å². The van der Waals surface area contributed by atoms with E-state index in [9.17, 15) is 4.79 Å². The van der Waals surface area contributed by atoms with Gasteiger partial charge >= 0.3 is 5.97 Å². The Morgan fingerprint density at radius 3 is 3.00 bits per heavy atom. The molecule has 1 heterocycles. The number of aliphatic carboxylic acids is 1. The second-order valence-electron chi connectivity index (χ2n) is 5.45. The molecule has 102 valence electrons. The van der Waals surface area contributed by atoms with Crippen molar-refractivity contribution >= 4 is 5.97 Å². The third-order valence-electron chi connectivity index (χ3n) is 3.96. The Morgan fingerprint density at radius 1 is 1.39 bits per heavy atom. The van der Waals surface area contributed by atoms with Crippen LogP contribution in [0.25, 0.3) is 0 Å². The molecule has 18 heavy (non-hydrogen) atoms. The molecule has 0 aromatic carbocycles. The monoisotopic (exact) mass is 252 g/mol. The summed E-state index contributed by atoms with van der Waals surface area (Å²) in [4.78, 5) is 13.0. The molecule has 4 heteroatoms. The van der Waals surface area contributed by atoms with Gasteiger partial charge in [0.15, 0.2) is 0 Å². The molecule has 2 aliphatic rings. The van der Waals surface area contributed by atoms with Crippen molar-refractivity contribution in [3.05, 3.63) is 12.2 Å². The lowest BCUT2D eigenvalue weighted by molar-refractivity contribution is -0.136. The van der Waals surface area contributed by atoms with E-state index in [4.69, 9.17) is 5.11 Å². The summed E-state index contributed by atoms with van der Waals surface area (Å²) in [5.41, 5.74) is 0. The number of likely N-dealkylation sites (tertiary alicyclic amines) is 1. The summed E-state index contributed by atoms with van der Waals surface area (Å²) in [7, 11) is 0. The van der Waals surface area contributed by atoms with Crippen LogP contribution in [-0.4, -0.2) is 48.2 Å². The fourth-order valence-corrected chi connectivity index (χ4v) is 3.05. The van der Waals surface area contributed by atoms with E-state index < -0.39 is 5.97 Å². The highest BCUT2D eigenvalue weighted by Gasteiger charge is 2.24. The number of carboxylic acids is 1. The number of hydrogen-bond donors (Lipinski definition) is 2. The third kappa shape index (κ3) is 4.10. The Morgan fingerprint density at radius 2 is 2.28 bits per heavy atom. The third-order valence-corrected chi connectivity index (χ3v) is 3.96. The first kappa shape index (κ1) is 13.6. The van der Waals surface area contributed by atoms with Crippen molar-refractivity contribution in [2.75, 3.05) is 26.2 Å². The first-order valence-corrected chi connectivity index (χ1v) is 7.09. The van der Waals surface area contributed by atoms with E-state index in [1.165, 1.54) is 38.6 Å². The molecule has 2 atom stereocenters. The number of allylic oxidation sites excluding steroid dienone is 1. The van der Waals surface area contributed by atoms with Crippen LogP contribution in [0.1, 0.15) is 32.1 Å². The molecular formula is C14H24N2O2. The molecule has 2 unspecified atom stereocenters. The largest absolute Gasteiger partial charge is 0.480 e. The van der Waals surface area contributed by atoms with Crippen molar-refractivity contribution in [3.8, 4) is 0 Å². The zero-order valence-corrected chi connectivity index (χ0v) is 11.0. The molecule has 1 fully saturated rings. The van der Waals surface area contributed by atoms with Crippen molar-refractivity contribution in [3.63, 3.8) is 0 Å². The Bertz CT molecular complexity index is 304. The lowest BCUT2D eigenvalue weighted by Crippen LogP contribution is -2.45. The first-order chi connectivity index (χ1) is 8.75. The van der Waals surface area contributed by atoms with E-state index in [2.05, 4.69) is 22.4 Å². The van der Waals surface area contributed by atoms with Crippen LogP contribution in [0.2, 0.25) is 0 Å². The van der Waals surface area contributed by atoms with Gasteiger partial charge in [-0.2, -0.15) is 0 Å². The Hall–Kier alpha value is -0.870. The number of carbonyl (C=O) groups is 1. The Labute approximate surface area is 109 Å². The van der Waals surface area contributed by atoms with Crippen molar-refractivity contribution in [1.82, 2.24) is 10.2 Å². The molecule has 0 spiro atoms. The second kappa shape index (κ2) is 6.90. The second-order valence-corrected chi connectivity index (χ2v) is 5.45. The lowest BCUT2D eigenvalue weighted by Gasteiger charge is -2.38. The number of piperidine rings is 1. The van der Waals surface area contributed by atoms with E-state index in [-0.39, 0.29) is 6.54 Å². The minimum Gasteiger partial charge on any atom is -0.480 e. The van der Waals surface area contributed by atoms with Crippen LogP contribution in [0.15, 0.2) is 12.2 Å². The van der Waals surface area contributed by atoms with E-state index in [0.717, 1.165) is 13.1 Å². The molecule has 0 amide bonds. The van der Waals surface area contributed by atoms with Crippen molar-refractivity contribution in [2.24, 2.45) is 5.92 Å².